The molecule has 0 saturated heterocycles. The highest BCUT2D eigenvalue weighted by molar-refractivity contribution is 6.02. The van der Waals surface area contributed by atoms with Gasteiger partial charge < -0.3 is 9.26 Å². The van der Waals surface area contributed by atoms with Crippen molar-refractivity contribution in [2.45, 2.75) is 27.0 Å². The molecule has 2 heterocycles. The normalized spacial score (nSPS) is 10.8. The van der Waals surface area contributed by atoms with Gasteiger partial charge in [0.15, 0.2) is 5.69 Å². The van der Waals surface area contributed by atoms with Crippen LogP contribution in [0.25, 0.3) is 0 Å². The van der Waals surface area contributed by atoms with Gasteiger partial charge in [0.1, 0.15) is 30.3 Å². The van der Waals surface area contributed by atoms with Gasteiger partial charge in [-0.3, -0.25) is 10.1 Å². The Hall–Kier alpha value is -4.01. The van der Waals surface area contributed by atoms with Crippen LogP contribution in [0.4, 0.5) is 10.3 Å². The summed E-state index contributed by atoms with van der Waals surface area (Å²) in [5, 5.41) is 10.6. The number of nitrogens with zero attached hydrogens (tertiary/aromatic N) is 4. The van der Waals surface area contributed by atoms with E-state index in [1.807, 2.05) is 31.2 Å². The van der Waals surface area contributed by atoms with Crippen molar-refractivity contribution in [3.63, 3.8) is 0 Å². The number of anilines is 1. The Balaban J connectivity index is 1.43. The van der Waals surface area contributed by atoms with Crippen LogP contribution in [-0.2, 0) is 13.2 Å². The van der Waals surface area contributed by atoms with Gasteiger partial charge in [0.2, 0.25) is 5.95 Å². The molecule has 2 aromatic heterocycles. The fourth-order valence-electron chi connectivity index (χ4n) is 2.99. The number of carbonyl (C=O) groups is 1. The van der Waals surface area contributed by atoms with Crippen LogP contribution in [0.5, 0.6) is 5.75 Å². The SMILES string of the molecule is Cc1cccc(OCc2c(C(=O)Nc3ncn(Cc4ccccc4F)n3)noc2C)c1. The number of aryl methyl sites for hydroxylation is 2. The topological polar surface area (TPSA) is 95.1 Å². The monoisotopic (exact) mass is 421 g/mol. The number of halogens is 1. The number of amides is 1. The third kappa shape index (κ3) is 4.77. The number of ether oxygens (including phenoxy) is 1. The Morgan fingerprint density at radius 1 is 1.19 bits per heavy atom. The molecule has 1 N–H and O–H groups in total. The Morgan fingerprint density at radius 3 is 2.84 bits per heavy atom. The number of benzene rings is 2. The molecule has 0 unspecified atom stereocenters. The summed E-state index contributed by atoms with van der Waals surface area (Å²) in [6, 6.07) is 14.0. The lowest BCUT2D eigenvalue weighted by Gasteiger charge is -2.07. The average molecular weight is 421 g/mol. The second-order valence-electron chi connectivity index (χ2n) is 6.98. The summed E-state index contributed by atoms with van der Waals surface area (Å²) in [5.74, 6) is 0.382. The van der Waals surface area contributed by atoms with E-state index in [0.29, 0.717) is 22.6 Å². The van der Waals surface area contributed by atoms with Crippen LogP contribution in [0, 0.1) is 19.7 Å². The summed E-state index contributed by atoms with van der Waals surface area (Å²) in [6.45, 7) is 3.99. The Morgan fingerprint density at radius 2 is 2.03 bits per heavy atom. The van der Waals surface area contributed by atoms with E-state index >= 15 is 0 Å². The minimum Gasteiger partial charge on any atom is -0.489 e. The zero-order chi connectivity index (χ0) is 21.8. The number of nitrogens with one attached hydrogen (secondary N) is 1. The van der Waals surface area contributed by atoms with Crippen LogP contribution in [0.15, 0.2) is 59.4 Å². The standard InChI is InChI=1S/C22H20FN5O3/c1-14-6-5-8-17(10-14)30-12-18-15(2)31-27-20(18)21(29)25-22-24-13-28(26-22)11-16-7-3-4-9-19(16)23/h3-10,13H,11-12H2,1-2H3,(H,25,26,29). The maximum absolute atomic E-state index is 13.8. The van der Waals surface area contributed by atoms with E-state index in [9.17, 15) is 9.18 Å². The lowest BCUT2D eigenvalue weighted by Crippen LogP contribution is -2.16. The van der Waals surface area contributed by atoms with Crippen molar-refractivity contribution in [3.05, 3.63) is 88.8 Å². The molecule has 158 valence electrons. The second kappa shape index (κ2) is 8.78. The number of hydrogen-bond acceptors (Lipinski definition) is 6. The van der Waals surface area contributed by atoms with Gasteiger partial charge in [0, 0.05) is 5.56 Å². The third-order valence-corrected chi connectivity index (χ3v) is 4.62. The van der Waals surface area contributed by atoms with E-state index in [1.54, 1.807) is 25.1 Å². The van der Waals surface area contributed by atoms with Crippen molar-refractivity contribution in [1.82, 2.24) is 19.9 Å². The molecule has 0 fully saturated rings. The first-order valence-corrected chi connectivity index (χ1v) is 9.58. The van der Waals surface area contributed by atoms with Gasteiger partial charge in [-0.1, -0.05) is 35.5 Å². The first-order chi connectivity index (χ1) is 15.0. The summed E-state index contributed by atoms with van der Waals surface area (Å²) in [5.41, 5.74) is 2.16. The quantitative estimate of drug-likeness (QED) is 0.486. The largest absolute Gasteiger partial charge is 0.489 e. The van der Waals surface area contributed by atoms with Crippen LogP contribution in [0.1, 0.15) is 32.9 Å². The van der Waals surface area contributed by atoms with Crippen molar-refractivity contribution in [2.24, 2.45) is 0 Å². The second-order valence-corrected chi connectivity index (χ2v) is 6.98. The molecule has 4 aromatic rings. The van der Waals surface area contributed by atoms with Crippen LogP contribution in [0.3, 0.4) is 0 Å². The average Bonchev–Trinajstić information content (AvgIpc) is 3.34. The Labute approximate surface area is 177 Å². The van der Waals surface area contributed by atoms with Crippen LogP contribution >= 0.6 is 0 Å². The highest BCUT2D eigenvalue weighted by Crippen LogP contribution is 2.19. The third-order valence-electron chi connectivity index (χ3n) is 4.62. The van der Waals surface area contributed by atoms with E-state index in [-0.39, 0.29) is 30.6 Å². The van der Waals surface area contributed by atoms with Crippen LogP contribution < -0.4 is 10.1 Å². The van der Waals surface area contributed by atoms with E-state index in [2.05, 4.69) is 20.6 Å². The number of rotatable bonds is 7. The predicted octanol–water partition coefficient (Wildman–Crippen LogP) is 3.90. The van der Waals surface area contributed by atoms with Crippen molar-refractivity contribution in [1.29, 1.82) is 0 Å². The molecular weight excluding hydrogens is 401 g/mol. The molecule has 0 bridgehead atoms. The van der Waals surface area contributed by atoms with Gasteiger partial charge >= 0.3 is 0 Å². The van der Waals surface area contributed by atoms with Gasteiger partial charge in [-0.05, 0) is 37.6 Å². The zero-order valence-corrected chi connectivity index (χ0v) is 17.0. The lowest BCUT2D eigenvalue weighted by molar-refractivity contribution is 0.101. The fraction of sp³-hybridized carbons (Fsp3) is 0.182. The zero-order valence-electron chi connectivity index (χ0n) is 17.0. The smallest absolute Gasteiger partial charge is 0.280 e. The molecule has 0 aliphatic carbocycles. The van der Waals surface area contributed by atoms with Crippen molar-refractivity contribution >= 4 is 11.9 Å². The van der Waals surface area contributed by atoms with Gasteiger partial charge in [0.25, 0.3) is 5.91 Å². The van der Waals surface area contributed by atoms with Gasteiger partial charge in [-0.2, -0.15) is 0 Å². The molecule has 0 spiro atoms. The fourth-order valence-corrected chi connectivity index (χ4v) is 2.99. The molecule has 4 rings (SSSR count). The maximum atomic E-state index is 13.8. The highest BCUT2D eigenvalue weighted by atomic mass is 19.1. The predicted molar refractivity (Wildman–Crippen MR) is 110 cm³/mol. The summed E-state index contributed by atoms with van der Waals surface area (Å²) in [7, 11) is 0. The van der Waals surface area contributed by atoms with E-state index in [4.69, 9.17) is 9.26 Å². The van der Waals surface area contributed by atoms with Gasteiger partial charge in [-0.15, -0.1) is 5.10 Å². The molecule has 0 aliphatic rings. The van der Waals surface area contributed by atoms with E-state index in [1.165, 1.54) is 17.1 Å². The summed E-state index contributed by atoms with van der Waals surface area (Å²) in [6.07, 6.45) is 1.41. The minimum atomic E-state index is -0.525. The number of aromatic nitrogens is 4. The number of hydrogen-bond donors (Lipinski definition) is 1. The van der Waals surface area contributed by atoms with Crippen molar-refractivity contribution in [2.75, 3.05) is 5.32 Å². The summed E-state index contributed by atoms with van der Waals surface area (Å²) < 4.78 is 26.2. The first-order valence-electron chi connectivity index (χ1n) is 9.58. The van der Waals surface area contributed by atoms with Crippen LogP contribution in [-0.4, -0.2) is 25.8 Å². The molecule has 9 heteroatoms. The molecule has 1 amide bonds. The lowest BCUT2D eigenvalue weighted by atomic mass is 10.2. The molecule has 0 saturated carbocycles. The molecular formula is C22H20FN5O3. The van der Waals surface area contributed by atoms with Crippen LogP contribution in [0.2, 0.25) is 0 Å². The Kier molecular flexibility index (Phi) is 5.74. The molecule has 31 heavy (non-hydrogen) atoms. The highest BCUT2D eigenvalue weighted by Gasteiger charge is 2.21. The molecule has 2 aromatic carbocycles. The molecule has 0 aliphatic heterocycles. The molecule has 0 atom stereocenters. The van der Waals surface area contributed by atoms with Crippen molar-refractivity contribution < 1.29 is 18.4 Å². The maximum Gasteiger partial charge on any atom is 0.280 e. The van der Waals surface area contributed by atoms with E-state index < -0.39 is 5.91 Å². The number of carbonyl (C=O) groups excluding carboxylic acids is 1. The first kappa shape index (κ1) is 20.3. The molecule has 0 radical (unpaired) electrons. The molecule has 8 nitrogen and oxygen atoms in total. The van der Waals surface area contributed by atoms with Gasteiger partial charge in [0.05, 0.1) is 12.1 Å². The summed E-state index contributed by atoms with van der Waals surface area (Å²) >= 11 is 0. The van der Waals surface area contributed by atoms with Gasteiger partial charge in [-0.25, -0.2) is 14.1 Å². The minimum absolute atomic E-state index is 0.0764. The van der Waals surface area contributed by atoms with Crippen molar-refractivity contribution in [3.8, 4) is 5.75 Å². The Bertz CT molecular complexity index is 1220. The van der Waals surface area contributed by atoms with E-state index in [0.717, 1.165) is 5.56 Å². The summed E-state index contributed by atoms with van der Waals surface area (Å²) in [4.78, 5) is 16.8.